The van der Waals surface area contributed by atoms with E-state index < -0.39 is 5.41 Å². The van der Waals surface area contributed by atoms with Crippen LogP contribution in [-0.4, -0.2) is 49.3 Å². The van der Waals surface area contributed by atoms with Crippen molar-refractivity contribution >= 4 is 5.97 Å². The average molecular weight is 283 g/mol. The number of carbonyl (C=O) groups is 1. The quantitative estimate of drug-likeness (QED) is 0.746. The van der Waals surface area contributed by atoms with Crippen LogP contribution in [0.2, 0.25) is 0 Å². The Morgan fingerprint density at radius 1 is 1.15 bits per heavy atom. The van der Waals surface area contributed by atoms with Crippen LogP contribution < -0.4 is 0 Å². The van der Waals surface area contributed by atoms with E-state index in [1.54, 1.807) is 0 Å². The third kappa shape index (κ3) is 4.19. The number of morpholine rings is 1. The molecule has 4 heteroatoms. The van der Waals surface area contributed by atoms with Gasteiger partial charge in [-0.15, -0.1) is 0 Å². The Hall–Kier alpha value is -0.610. The van der Waals surface area contributed by atoms with Gasteiger partial charge in [0.25, 0.3) is 0 Å². The van der Waals surface area contributed by atoms with Gasteiger partial charge in [0.1, 0.15) is 5.60 Å². The van der Waals surface area contributed by atoms with E-state index in [2.05, 4.69) is 4.90 Å². The molecule has 0 amide bonds. The first kappa shape index (κ1) is 15.8. The Labute approximate surface area is 122 Å². The van der Waals surface area contributed by atoms with Crippen LogP contribution in [0.4, 0.5) is 0 Å². The van der Waals surface area contributed by atoms with Gasteiger partial charge < -0.3 is 9.47 Å². The zero-order valence-electron chi connectivity index (χ0n) is 13.2. The molecule has 116 valence electrons. The molecule has 2 fully saturated rings. The lowest BCUT2D eigenvalue weighted by Crippen LogP contribution is -2.51. The monoisotopic (exact) mass is 283 g/mol. The maximum absolute atomic E-state index is 12.3. The summed E-state index contributed by atoms with van der Waals surface area (Å²) < 4.78 is 11.4. The van der Waals surface area contributed by atoms with Crippen LogP contribution in [0.5, 0.6) is 0 Å². The molecule has 1 aliphatic heterocycles. The summed E-state index contributed by atoms with van der Waals surface area (Å²) in [5, 5.41) is 0. The van der Waals surface area contributed by atoms with Crippen molar-refractivity contribution in [3.8, 4) is 0 Å². The lowest BCUT2D eigenvalue weighted by atomic mass is 9.83. The van der Waals surface area contributed by atoms with E-state index >= 15 is 0 Å². The van der Waals surface area contributed by atoms with Crippen LogP contribution in [0.1, 0.15) is 52.9 Å². The van der Waals surface area contributed by atoms with Crippen molar-refractivity contribution in [1.29, 1.82) is 0 Å². The van der Waals surface area contributed by atoms with Gasteiger partial charge in [-0.1, -0.05) is 6.42 Å². The van der Waals surface area contributed by atoms with Gasteiger partial charge in [-0.2, -0.15) is 0 Å². The van der Waals surface area contributed by atoms with Crippen LogP contribution in [0, 0.1) is 5.41 Å². The topological polar surface area (TPSA) is 38.8 Å². The molecular weight excluding hydrogens is 254 g/mol. The Morgan fingerprint density at radius 3 is 2.30 bits per heavy atom. The summed E-state index contributed by atoms with van der Waals surface area (Å²) in [6.45, 7) is 10.2. The van der Waals surface area contributed by atoms with Crippen molar-refractivity contribution in [2.45, 2.75) is 58.5 Å². The summed E-state index contributed by atoms with van der Waals surface area (Å²) in [6, 6.07) is 0. The molecule has 0 aromatic carbocycles. The molecule has 1 heterocycles. The molecule has 1 saturated carbocycles. The Morgan fingerprint density at radius 2 is 1.75 bits per heavy atom. The van der Waals surface area contributed by atoms with Crippen LogP contribution >= 0.6 is 0 Å². The van der Waals surface area contributed by atoms with Gasteiger partial charge in [0.15, 0.2) is 0 Å². The number of nitrogens with zero attached hydrogens (tertiary/aromatic N) is 1. The van der Waals surface area contributed by atoms with E-state index in [0.717, 1.165) is 45.7 Å². The van der Waals surface area contributed by atoms with Gasteiger partial charge in [0, 0.05) is 19.6 Å². The molecular formula is C16H29NO3. The van der Waals surface area contributed by atoms with Gasteiger partial charge in [-0.3, -0.25) is 9.69 Å². The molecule has 0 N–H and O–H groups in total. The van der Waals surface area contributed by atoms with Crippen molar-refractivity contribution in [3.05, 3.63) is 0 Å². The minimum absolute atomic E-state index is 0.0624. The highest BCUT2D eigenvalue weighted by Gasteiger charge is 2.40. The smallest absolute Gasteiger partial charge is 0.311 e. The minimum Gasteiger partial charge on any atom is -0.457 e. The predicted molar refractivity (Wildman–Crippen MR) is 78.6 cm³/mol. The lowest BCUT2D eigenvalue weighted by molar-refractivity contribution is -0.176. The molecule has 20 heavy (non-hydrogen) atoms. The maximum atomic E-state index is 12.3. The van der Waals surface area contributed by atoms with Gasteiger partial charge >= 0.3 is 5.97 Å². The molecule has 0 atom stereocenters. The summed E-state index contributed by atoms with van der Waals surface area (Å²) in [5.74, 6) is -0.0624. The van der Waals surface area contributed by atoms with Crippen LogP contribution in [0.25, 0.3) is 0 Å². The Kier molecular flexibility index (Phi) is 5.08. The molecule has 0 aromatic heterocycles. The first-order valence-corrected chi connectivity index (χ1v) is 7.95. The summed E-state index contributed by atoms with van der Waals surface area (Å²) >= 11 is 0. The minimum atomic E-state index is -0.421. The van der Waals surface area contributed by atoms with Crippen LogP contribution in [0.3, 0.4) is 0 Å². The lowest BCUT2D eigenvalue weighted by Gasteiger charge is -2.42. The summed E-state index contributed by atoms with van der Waals surface area (Å²) in [5.41, 5.74) is -0.685. The Bertz CT molecular complexity index is 323. The Balaban J connectivity index is 2.02. The van der Waals surface area contributed by atoms with Gasteiger partial charge in [0.05, 0.1) is 18.6 Å². The summed E-state index contributed by atoms with van der Waals surface area (Å²) in [4.78, 5) is 14.7. The van der Waals surface area contributed by atoms with Crippen molar-refractivity contribution in [3.63, 3.8) is 0 Å². The average Bonchev–Trinajstić information content (AvgIpc) is 2.39. The van der Waals surface area contributed by atoms with E-state index in [9.17, 15) is 4.79 Å². The van der Waals surface area contributed by atoms with Crippen molar-refractivity contribution < 1.29 is 14.3 Å². The van der Waals surface area contributed by atoms with Crippen LogP contribution in [0.15, 0.2) is 0 Å². The second kappa shape index (κ2) is 6.44. The largest absolute Gasteiger partial charge is 0.457 e. The van der Waals surface area contributed by atoms with E-state index in [0.29, 0.717) is 0 Å². The number of hydrogen-bond acceptors (Lipinski definition) is 4. The fourth-order valence-corrected chi connectivity index (χ4v) is 3.01. The highest BCUT2D eigenvalue weighted by molar-refractivity contribution is 5.75. The molecule has 2 rings (SSSR count). The third-order valence-electron chi connectivity index (χ3n) is 4.30. The van der Waals surface area contributed by atoms with Crippen LogP contribution in [-0.2, 0) is 14.3 Å². The van der Waals surface area contributed by atoms with E-state index in [-0.39, 0.29) is 11.6 Å². The van der Waals surface area contributed by atoms with Crippen molar-refractivity contribution in [1.82, 2.24) is 4.90 Å². The number of carbonyl (C=O) groups excluding carboxylic acids is 1. The molecule has 0 bridgehead atoms. The molecule has 0 radical (unpaired) electrons. The highest BCUT2D eigenvalue weighted by Crippen LogP contribution is 2.34. The maximum Gasteiger partial charge on any atom is 0.311 e. The van der Waals surface area contributed by atoms with Gasteiger partial charge in [-0.05, 0) is 46.5 Å². The fraction of sp³-hybridized carbons (Fsp3) is 0.938. The molecule has 0 unspecified atom stereocenters. The first-order chi connectivity index (χ1) is 9.41. The van der Waals surface area contributed by atoms with Gasteiger partial charge in [0.2, 0.25) is 0 Å². The first-order valence-electron chi connectivity index (χ1n) is 7.95. The molecule has 1 saturated heterocycles. The fourth-order valence-electron chi connectivity index (χ4n) is 3.01. The SMILES string of the molecule is CC(C)(C)C(=O)OC1(CN2CCOCC2)CCCCC1. The molecule has 0 spiro atoms. The van der Waals surface area contributed by atoms with E-state index in [1.165, 1.54) is 19.3 Å². The summed E-state index contributed by atoms with van der Waals surface area (Å²) in [6.07, 6.45) is 5.61. The molecule has 2 aliphatic rings. The summed E-state index contributed by atoms with van der Waals surface area (Å²) in [7, 11) is 0. The zero-order valence-corrected chi connectivity index (χ0v) is 13.2. The zero-order chi connectivity index (χ0) is 14.6. The molecule has 1 aliphatic carbocycles. The second-order valence-electron chi connectivity index (χ2n) is 7.27. The van der Waals surface area contributed by atoms with Crippen molar-refractivity contribution in [2.24, 2.45) is 5.41 Å². The molecule has 0 aromatic rings. The second-order valence-corrected chi connectivity index (χ2v) is 7.27. The number of rotatable bonds is 3. The molecule has 4 nitrogen and oxygen atoms in total. The number of ether oxygens (including phenoxy) is 2. The third-order valence-corrected chi connectivity index (χ3v) is 4.30. The standard InChI is InChI=1S/C16H29NO3/c1-15(2,3)14(18)20-16(7-5-4-6-8-16)13-17-9-11-19-12-10-17/h4-13H2,1-3H3. The van der Waals surface area contributed by atoms with E-state index in [1.807, 2.05) is 20.8 Å². The number of hydrogen-bond donors (Lipinski definition) is 0. The highest BCUT2D eigenvalue weighted by atomic mass is 16.6. The normalized spacial score (nSPS) is 24.4. The van der Waals surface area contributed by atoms with Crippen molar-refractivity contribution in [2.75, 3.05) is 32.8 Å². The number of esters is 1. The predicted octanol–water partition coefficient (Wildman–Crippen LogP) is 2.61. The van der Waals surface area contributed by atoms with Gasteiger partial charge in [-0.25, -0.2) is 0 Å². The van der Waals surface area contributed by atoms with E-state index in [4.69, 9.17) is 9.47 Å².